The normalized spacial score (nSPS) is 26.3. The molecule has 1 amide bonds. The van der Waals surface area contributed by atoms with Crippen LogP contribution < -0.4 is 11.3 Å². The first-order valence-electron chi connectivity index (χ1n) is 8.93. The Morgan fingerprint density at radius 3 is 2.54 bits per heavy atom. The number of rotatable bonds is 2. The van der Waals surface area contributed by atoms with Crippen molar-refractivity contribution in [3.8, 4) is 0 Å². The summed E-state index contributed by atoms with van der Waals surface area (Å²) in [5.74, 6) is 0.235. The Morgan fingerprint density at radius 1 is 1.23 bits per heavy atom. The van der Waals surface area contributed by atoms with E-state index in [1.165, 1.54) is 4.57 Å². The van der Waals surface area contributed by atoms with Crippen LogP contribution in [0.1, 0.15) is 37.9 Å². The molecule has 0 radical (unpaired) electrons. The van der Waals surface area contributed by atoms with Gasteiger partial charge in [-0.05, 0) is 30.7 Å². The third-order valence-electron chi connectivity index (χ3n) is 5.62. The monoisotopic (exact) mass is 371 g/mol. The number of hydrogen-bond donors (Lipinski definition) is 1. The fourth-order valence-electron chi connectivity index (χ4n) is 4.25. The van der Waals surface area contributed by atoms with Gasteiger partial charge in [0.15, 0.2) is 0 Å². The highest BCUT2D eigenvalue weighted by Crippen LogP contribution is 2.38. The Balaban J connectivity index is 1.85. The summed E-state index contributed by atoms with van der Waals surface area (Å²) in [6.45, 7) is 4.68. The molecule has 2 unspecified atom stereocenters. The van der Waals surface area contributed by atoms with Crippen LogP contribution >= 0.6 is 0 Å². The fraction of sp³-hybridized carbons (Fsp3) is 0.667. The maximum absolute atomic E-state index is 13.0. The van der Waals surface area contributed by atoms with E-state index in [0.29, 0.717) is 24.9 Å². The number of fused-ring (bicyclic) bond motifs is 1. The van der Waals surface area contributed by atoms with Gasteiger partial charge in [-0.25, -0.2) is 0 Å². The van der Waals surface area contributed by atoms with Crippen LogP contribution in [0, 0.1) is 17.8 Å². The highest BCUT2D eigenvalue weighted by molar-refractivity contribution is 5.79. The highest BCUT2D eigenvalue weighted by Gasteiger charge is 2.41. The summed E-state index contributed by atoms with van der Waals surface area (Å²) < 4.78 is 40.3. The lowest BCUT2D eigenvalue weighted by Crippen LogP contribution is -2.45. The molecule has 2 heterocycles. The number of halogens is 3. The standard InChI is InChI=1S/C18H24F3N3O2/c1-10(2)14-7-12(22)8-15(14)17(26)23-3-4-24-13(9-23)5-11(6-16(24)25)18(19,20)21/h5-6,10,12,14-15H,3-4,7-9,22H2,1-2H3/t12-,14?,15?/m1/s1. The van der Waals surface area contributed by atoms with E-state index in [-0.39, 0.29) is 42.6 Å². The van der Waals surface area contributed by atoms with Gasteiger partial charge in [0, 0.05) is 36.8 Å². The minimum Gasteiger partial charge on any atom is -0.335 e. The van der Waals surface area contributed by atoms with Gasteiger partial charge in [0.25, 0.3) is 5.56 Å². The summed E-state index contributed by atoms with van der Waals surface area (Å²) in [4.78, 5) is 26.6. The predicted octanol–water partition coefficient (Wildman–Crippen LogP) is 2.22. The number of amides is 1. The molecule has 2 N–H and O–H groups in total. The van der Waals surface area contributed by atoms with Crippen LogP contribution in [-0.2, 0) is 24.1 Å². The van der Waals surface area contributed by atoms with E-state index in [1.807, 2.05) is 0 Å². The molecule has 0 aromatic carbocycles. The van der Waals surface area contributed by atoms with Crippen molar-refractivity contribution >= 4 is 5.91 Å². The lowest BCUT2D eigenvalue weighted by atomic mass is 9.85. The quantitative estimate of drug-likeness (QED) is 0.867. The van der Waals surface area contributed by atoms with Crippen LogP contribution in [0.25, 0.3) is 0 Å². The van der Waals surface area contributed by atoms with E-state index in [0.717, 1.165) is 12.5 Å². The van der Waals surface area contributed by atoms with E-state index in [1.54, 1.807) is 4.90 Å². The number of alkyl halides is 3. The third kappa shape index (κ3) is 3.51. The summed E-state index contributed by atoms with van der Waals surface area (Å²) in [7, 11) is 0. The second-order valence-corrected chi connectivity index (χ2v) is 7.73. The summed E-state index contributed by atoms with van der Waals surface area (Å²) in [5.41, 5.74) is 4.63. The summed E-state index contributed by atoms with van der Waals surface area (Å²) in [5, 5.41) is 0. The average molecular weight is 371 g/mol. The topological polar surface area (TPSA) is 68.3 Å². The molecule has 2 aliphatic rings. The number of pyridine rings is 1. The van der Waals surface area contributed by atoms with Gasteiger partial charge in [-0.3, -0.25) is 9.59 Å². The highest BCUT2D eigenvalue weighted by atomic mass is 19.4. The zero-order valence-electron chi connectivity index (χ0n) is 14.9. The molecule has 1 fully saturated rings. The molecular weight excluding hydrogens is 347 g/mol. The van der Waals surface area contributed by atoms with Crippen LogP contribution in [0.4, 0.5) is 13.2 Å². The van der Waals surface area contributed by atoms with E-state index in [2.05, 4.69) is 13.8 Å². The Hall–Kier alpha value is -1.83. The van der Waals surface area contributed by atoms with Crippen molar-refractivity contribution in [1.82, 2.24) is 9.47 Å². The van der Waals surface area contributed by atoms with Crippen molar-refractivity contribution in [2.24, 2.45) is 23.5 Å². The minimum absolute atomic E-state index is 0.0205. The number of carbonyl (C=O) groups excluding carboxylic acids is 1. The van der Waals surface area contributed by atoms with Crippen molar-refractivity contribution in [3.63, 3.8) is 0 Å². The predicted molar refractivity (Wildman–Crippen MR) is 90.1 cm³/mol. The van der Waals surface area contributed by atoms with E-state index in [9.17, 15) is 22.8 Å². The van der Waals surface area contributed by atoms with Gasteiger partial charge in [-0.1, -0.05) is 13.8 Å². The number of hydrogen-bond acceptors (Lipinski definition) is 3. The molecule has 0 saturated heterocycles. The number of nitrogens with two attached hydrogens (primary N) is 1. The molecule has 8 heteroatoms. The summed E-state index contributed by atoms with van der Waals surface area (Å²) in [6, 6.07) is 1.57. The number of aromatic nitrogens is 1. The van der Waals surface area contributed by atoms with E-state index < -0.39 is 17.3 Å². The molecule has 26 heavy (non-hydrogen) atoms. The van der Waals surface area contributed by atoms with Crippen molar-refractivity contribution in [2.75, 3.05) is 6.54 Å². The van der Waals surface area contributed by atoms with Gasteiger partial charge >= 0.3 is 6.18 Å². The second-order valence-electron chi connectivity index (χ2n) is 7.73. The molecule has 144 valence electrons. The Morgan fingerprint density at radius 2 is 1.92 bits per heavy atom. The number of carbonyl (C=O) groups is 1. The molecule has 1 aromatic heterocycles. The van der Waals surface area contributed by atoms with Crippen molar-refractivity contribution in [1.29, 1.82) is 0 Å². The largest absolute Gasteiger partial charge is 0.416 e. The first kappa shape index (κ1) is 18.9. The summed E-state index contributed by atoms with van der Waals surface area (Å²) in [6.07, 6.45) is -3.19. The average Bonchev–Trinajstić information content (AvgIpc) is 2.95. The summed E-state index contributed by atoms with van der Waals surface area (Å²) >= 11 is 0. The molecule has 3 rings (SSSR count). The molecule has 1 aliphatic heterocycles. The van der Waals surface area contributed by atoms with Crippen molar-refractivity contribution < 1.29 is 18.0 Å². The van der Waals surface area contributed by atoms with Crippen molar-refractivity contribution in [3.05, 3.63) is 33.7 Å². The Bertz CT molecular complexity index is 757. The van der Waals surface area contributed by atoms with Gasteiger partial charge < -0.3 is 15.2 Å². The van der Waals surface area contributed by atoms with Gasteiger partial charge in [0.1, 0.15) is 0 Å². The van der Waals surface area contributed by atoms with Crippen LogP contribution in [0.15, 0.2) is 16.9 Å². The van der Waals surface area contributed by atoms with Gasteiger partial charge in [-0.15, -0.1) is 0 Å². The molecule has 3 atom stereocenters. The van der Waals surface area contributed by atoms with Gasteiger partial charge in [-0.2, -0.15) is 13.2 Å². The zero-order chi connectivity index (χ0) is 19.2. The van der Waals surface area contributed by atoms with Crippen LogP contribution in [-0.4, -0.2) is 28.0 Å². The minimum atomic E-state index is -4.58. The second kappa shape index (κ2) is 6.72. The van der Waals surface area contributed by atoms with E-state index >= 15 is 0 Å². The molecule has 5 nitrogen and oxygen atoms in total. The zero-order valence-corrected chi connectivity index (χ0v) is 14.9. The van der Waals surface area contributed by atoms with Crippen LogP contribution in [0.5, 0.6) is 0 Å². The van der Waals surface area contributed by atoms with Crippen LogP contribution in [0.2, 0.25) is 0 Å². The van der Waals surface area contributed by atoms with E-state index in [4.69, 9.17) is 5.73 Å². The fourth-order valence-corrected chi connectivity index (χ4v) is 4.25. The molecular formula is C18H24F3N3O2. The SMILES string of the molecule is CC(C)C1C[C@@H](N)CC1C(=O)N1CCn2c(cc(C(F)(F)F)cc2=O)C1. The Kier molecular flexibility index (Phi) is 4.90. The molecule has 1 aliphatic carbocycles. The van der Waals surface area contributed by atoms with Crippen LogP contribution in [0.3, 0.4) is 0 Å². The first-order valence-corrected chi connectivity index (χ1v) is 8.93. The van der Waals surface area contributed by atoms with Crippen molar-refractivity contribution in [2.45, 2.75) is 52.0 Å². The molecule has 0 spiro atoms. The first-order chi connectivity index (χ1) is 12.1. The molecule has 1 saturated carbocycles. The smallest absolute Gasteiger partial charge is 0.335 e. The maximum Gasteiger partial charge on any atom is 0.416 e. The van der Waals surface area contributed by atoms with Gasteiger partial charge in [0.05, 0.1) is 12.1 Å². The molecule has 0 bridgehead atoms. The molecule has 1 aromatic rings. The lowest BCUT2D eigenvalue weighted by Gasteiger charge is -2.34. The Labute approximate surface area is 150 Å². The lowest BCUT2D eigenvalue weighted by molar-refractivity contribution is -0.139. The number of nitrogens with zero attached hydrogens (tertiary/aromatic N) is 2. The van der Waals surface area contributed by atoms with Gasteiger partial charge in [0.2, 0.25) is 5.91 Å². The third-order valence-corrected chi connectivity index (χ3v) is 5.62. The maximum atomic E-state index is 13.0.